The highest BCUT2D eigenvalue weighted by molar-refractivity contribution is 7.17. The second-order valence-electron chi connectivity index (χ2n) is 6.93. The van der Waals surface area contributed by atoms with Crippen molar-refractivity contribution in [3.8, 4) is 16.9 Å². The molecule has 2 aromatic heterocycles. The predicted molar refractivity (Wildman–Crippen MR) is 125 cm³/mol. The van der Waals surface area contributed by atoms with Crippen molar-refractivity contribution in [3.05, 3.63) is 75.1 Å². The largest absolute Gasteiger partial charge is 0.494 e. The summed E-state index contributed by atoms with van der Waals surface area (Å²) >= 11 is 7.52. The van der Waals surface area contributed by atoms with E-state index in [1.54, 1.807) is 18.2 Å². The molecule has 31 heavy (non-hydrogen) atoms. The van der Waals surface area contributed by atoms with E-state index in [1.807, 2.05) is 43.5 Å². The lowest BCUT2D eigenvalue weighted by Gasteiger charge is -2.10. The topological polar surface area (TPSA) is 73.2 Å². The molecule has 1 amide bonds. The van der Waals surface area contributed by atoms with Gasteiger partial charge in [0.1, 0.15) is 17.1 Å². The molecule has 4 rings (SSSR count). The highest BCUT2D eigenvalue weighted by Gasteiger charge is 2.15. The standard InChI is InChI=1S/C23H20ClN3O3S/c1-3-30-16-9-7-15(8-10-16)17-12-31-22-21(17)23(29)27(13-25-22)11-20(28)26-19-6-4-5-18(24)14(19)2/h4-10,12-13H,3,11H2,1-2H3,(H,26,28). The van der Waals surface area contributed by atoms with Gasteiger partial charge in [-0.3, -0.25) is 14.2 Å². The Morgan fingerprint density at radius 2 is 2.00 bits per heavy atom. The molecule has 0 saturated carbocycles. The number of anilines is 1. The summed E-state index contributed by atoms with van der Waals surface area (Å²) in [5.74, 6) is 0.445. The zero-order chi connectivity index (χ0) is 22.0. The van der Waals surface area contributed by atoms with Gasteiger partial charge in [-0.15, -0.1) is 11.3 Å². The molecular weight excluding hydrogens is 434 g/mol. The van der Waals surface area contributed by atoms with Gasteiger partial charge < -0.3 is 10.1 Å². The van der Waals surface area contributed by atoms with Crippen molar-refractivity contribution in [1.29, 1.82) is 0 Å². The summed E-state index contributed by atoms with van der Waals surface area (Å²) in [6.45, 7) is 4.20. The SMILES string of the molecule is CCOc1ccc(-c2csc3ncn(CC(=O)Nc4cccc(Cl)c4C)c(=O)c23)cc1. The van der Waals surface area contributed by atoms with Gasteiger partial charge in [0.15, 0.2) is 0 Å². The quantitative estimate of drug-likeness (QED) is 0.439. The summed E-state index contributed by atoms with van der Waals surface area (Å²) < 4.78 is 6.81. The zero-order valence-electron chi connectivity index (χ0n) is 17.0. The molecule has 8 heteroatoms. The Morgan fingerprint density at radius 1 is 1.23 bits per heavy atom. The molecule has 158 valence electrons. The van der Waals surface area contributed by atoms with Crippen molar-refractivity contribution in [1.82, 2.24) is 9.55 Å². The Bertz CT molecular complexity index is 1310. The van der Waals surface area contributed by atoms with E-state index in [9.17, 15) is 9.59 Å². The first-order chi connectivity index (χ1) is 15.0. The lowest BCUT2D eigenvalue weighted by atomic mass is 10.1. The summed E-state index contributed by atoms with van der Waals surface area (Å²) in [4.78, 5) is 30.8. The first-order valence-electron chi connectivity index (χ1n) is 9.72. The number of fused-ring (bicyclic) bond motifs is 1. The van der Waals surface area contributed by atoms with Crippen LogP contribution in [0.4, 0.5) is 5.69 Å². The van der Waals surface area contributed by atoms with Crippen LogP contribution in [0.15, 0.2) is 59.0 Å². The second-order valence-corrected chi connectivity index (χ2v) is 8.19. The minimum atomic E-state index is -0.327. The van der Waals surface area contributed by atoms with Crippen LogP contribution in [0.3, 0.4) is 0 Å². The number of nitrogens with zero attached hydrogens (tertiary/aromatic N) is 2. The van der Waals surface area contributed by atoms with Gasteiger partial charge in [-0.2, -0.15) is 0 Å². The third-order valence-electron chi connectivity index (χ3n) is 4.89. The van der Waals surface area contributed by atoms with E-state index >= 15 is 0 Å². The van der Waals surface area contributed by atoms with Crippen molar-refractivity contribution in [3.63, 3.8) is 0 Å². The summed E-state index contributed by atoms with van der Waals surface area (Å²) in [5.41, 5.74) is 2.82. The number of ether oxygens (including phenoxy) is 1. The average Bonchev–Trinajstić information content (AvgIpc) is 3.19. The zero-order valence-corrected chi connectivity index (χ0v) is 18.6. The van der Waals surface area contributed by atoms with Crippen LogP contribution < -0.4 is 15.6 Å². The molecule has 2 aromatic carbocycles. The maximum absolute atomic E-state index is 13.2. The molecule has 0 aliphatic heterocycles. The Balaban J connectivity index is 1.63. The fraction of sp³-hybridized carbons (Fsp3) is 0.174. The molecule has 4 aromatic rings. The number of carbonyl (C=O) groups is 1. The normalized spacial score (nSPS) is 10.9. The van der Waals surface area contributed by atoms with Crippen molar-refractivity contribution >= 4 is 44.7 Å². The van der Waals surface area contributed by atoms with Crippen LogP contribution in [-0.2, 0) is 11.3 Å². The fourth-order valence-electron chi connectivity index (χ4n) is 3.28. The van der Waals surface area contributed by atoms with Crippen molar-refractivity contribution < 1.29 is 9.53 Å². The van der Waals surface area contributed by atoms with E-state index in [2.05, 4.69) is 10.3 Å². The maximum Gasteiger partial charge on any atom is 0.263 e. The molecule has 1 N–H and O–H groups in total. The van der Waals surface area contributed by atoms with E-state index in [4.69, 9.17) is 16.3 Å². The van der Waals surface area contributed by atoms with Crippen molar-refractivity contribution in [2.45, 2.75) is 20.4 Å². The van der Waals surface area contributed by atoms with E-state index in [0.717, 1.165) is 22.4 Å². The van der Waals surface area contributed by atoms with Gasteiger partial charge in [-0.1, -0.05) is 29.8 Å². The number of benzene rings is 2. The monoisotopic (exact) mass is 453 g/mol. The van der Waals surface area contributed by atoms with Crippen LogP contribution in [-0.4, -0.2) is 22.1 Å². The number of hydrogen-bond acceptors (Lipinski definition) is 5. The first kappa shape index (κ1) is 21.1. The lowest BCUT2D eigenvalue weighted by molar-refractivity contribution is -0.116. The first-order valence-corrected chi connectivity index (χ1v) is 11.0. The minimum Gasteiger partial charge on any atom is -0.494 e. The van der Waals surface area contributed by atoms with Crippen molar-refractivity contribution in [2.24, 2.45) is 0 Å². The maximum atomic E-state index is 13.2. The minimum absolute atomic E-state index is 0.147. The van der Waals surface area contributed by atoms with E-state index in [1.165, 1.54) is 22.2 Å². The summed E-state index contributed by atoms with van der Waals surface area (Å²) in [6.07, 6.45) is 1.41. The van der Waals surface area contributed by atoms with Gasteiger partial charge in [-0.25, -0.2) is 4.98 Å². The molecule has 2 heterocycles. The van der Waals surface area contributed by atoms with Crippen LogP contribution in [0.5, 0.6) is 5.75 Å². The Hall–Kier alpha value is -3.16. The van der Waals surface area contributed by atoms with E-state index in [-0.39, 0.29) is 18.0 Å². The summed E-state index contributed by atoms with van der Waals surface area (Å²) in [5, 5.41) is 5.79. The molecular formula is C23H20ClN3O3S. The van der Waals surface area contributed by atoms with Gasteiger partial charge in [0, 0.05) is 21.7 Å². The molecule has 0 aliphatic carbocycles. The number of thiophene rings is 1. The number of hydrogen-bond donors (Lipinski definition) is 1. The smallest absolute Gasteiger partial charge is 0.263 e. The number of amides is 1. The lowest BCUT2D eigenvalue weighted by Crippen LogP contribution is -2.28. The molecule has 0 spiro atoms. The average molecular weight is 454 g/mol. The van der Waals surface area contributed by atoms with Crippen LogP contribution >= 0.6 is 22.9 Å². The third-order valence-corrected chi connectivity index (χ3v) is 6.19. The van der Waals surface area contributed by atoms with Gasteiger partial charge in [0.05, 0.1) is 18.3 Å². The second kappa shape index (κ2) is 8.91. The van der Waals surface area contributed by atoms with Gasteiger partial charge in [0.25, 0.3) is 5.56 Å². The molecule has 0 bridgehead atoms. The third kappa shape index (κ3) is 4.33. The molecule has 0 aliphatic rings. The Labute approximate surface area is 188 Å². The Morgan fingerprint density at radius 3 is 2.74 bits per heavy atom. The number of halogens is 1. The number of aromatic nitrogens is 2. The highest BCUT2D eigenvalue weighted by Crippen LogP contribution is 2.31. The van der Waals surface area contributed by atoms with E-state index < -0.39 is 0 Å². The van der Waals surface area contributed by atoms with Crippen molar-refractivity contribution in [2.75, 3.05) is 11.9 Å². The summed E-state index contributed by atoms with van der Waals surface area (Å²) in [7, 11) is 0. The molecule has 0 radical (unpaired) electrons. The van der Waals surface area contributed by atoms with Crippen LogP contribution in [0.2, 0.25) is 5.02 Å². The number of rotatable bonds is 6. The molecule has 0 saturated heterocycles. The van der Waals surface area contributed by atoms with Gasteiger partial charge in [-0.05, 0) is 49.2 Å². The van der Waals surface area contributed by atoms with Crippen LogP contribution in [0.1, 0.15) is 12.5 Å². The van der Waals surface area contributed by atoms with Crippen LogP contribution in [0.25, 0.3) is 21.3 Å². The van der Waals surface area contributed by atoms with Gasteiger partial charge >= 0.3 is 0 Å². The van der Waals surface area contributed by atoms with Gasteiger partial charge in [0.2, 0.25) is 5.91 Å². The molecule has 0 unspecified atom stereocenters. The van der Waals surface area contributed by atoms with E-state index in [0.29, 0.717) is 27.5 Å². The molecule has 0 atom stereocenters. The Kier molecular flexibility index (Phi) is 6.06. The molecule has 0 fully saturated rings. The summed E-state index contributed by atoms with van der Waals surface area (Å²) in [6, 6.07) is 12.9. The fourth-order valence-corrected chi connectivity index (χ4v) is 4.36. The number of carbonyl (C=O) groups excluding carboxylic acids is 1. The highest BCUT2D eigenvalue weighted by atomic mass is 35.5. The molecule has 6 nitrogen and oxygen atoms in total. The predicted octanol–water partition coefficient (Wildman–Crippen LogP) is 5.12. The number of nitrogens with one attached hydrogen (secondary N) is 1. The van der Waals surface area contributed by atoms with Crippen LogP contribution in [0, 0.1) is 6.92 Å².